The molecule has 0 aromatic carbocycles. The summed E-state index contributed by atoms with van der Waals surface area (Å²) in [5, 5.41) is 10.2. The number of anilines is 1. The molecule has 0 saturated heterocycles. The van der Waals surface area contributed by atoms with Crippen molar-refractivity contribution in [2.45, 2.75) is 13.8 Å². The molecule has 5 nitrogen and oxygen atoms in total. The molecule has 17 heavy (non-hydrogen) atoms. The van der Waals surface area contributed by atoms with Crippen LogP contribution in [0.2, 0.25) is 0 Å². The predicted molar refractivity (Wildman–Crippen MR) is 67.4 cm³/mol. The van der Waals surface area contributed by atoms with Crippen molar-refractivity contribution in [1.29, 1.82) is 5.26 Å². The quantitative estimate of drug-likeness (QED) is 0.463. The number of pyridine rings is 1. The zero-order chi connectivity index (χ0) is 13.0. The number of hydrazine groups is 1. The molecule has 0 unspecified atom stereocenters. The highest BCUT2D eigenvalue weighted by Gasteiger charge is 2.09. The van der Waals surface area contributed by atoms with Gasteiger partial charge in [0.2, 0.25) is 0 Å². The number of aromatic nitrogens is 1. The van der Waals surface area contributed by atoms with Gasteiger partial charge in [0, 0.05) is 6.20 Å². The van der Waals surface area contributed by atoms with Crippen molar-refractivity contribution in [3.63, 3.8) is 0 Å². The van der Waals surface area contributed by atoms with Crippen molar-refractivity contribution in [3.05, 3.63) is 47.4 Å². The molecule has 0 bridgehead atoms. The maximum absolute atomic E-state index is 8.81. The van der Waals surface area contributed by atoms with Crippen molar-refractivity contribution in [2.24, 2.45) is 11.6 Å². The summed E-state index contributed by atoms with van der Waals surface area (Å²) >= 11 is 0. The lowest BCUT2D eigenvalue weighted by Crippen LogP contribution is -2.31. The van der Waals surface area contributed by atoms with Crippen LogP contribution in [0.1, 0.15) is 18.1 Å². The smallest absolute Gasteiger partial charge is 0.147 e. The van der Waals surface area contributed by atoms with Gasteiger partial charge in [0.15, 0.2) is 0 Å². The fourth-order valence-corrected chi connectivity index (χ4v) is 1.25. The maximum Gasteiger partial charge on any atom is 0.147 e. The first kappa shape index (κ1) is 12.7. The Morgan fingerprint density at radius 1 is 1.65 bits per heavy atom. The molecule has 0 aliphatic carbocycles. The summed E-state index contributed by atoms with van der Waals surface area (Å²) in [5.74, 6) is 6.41. The first-order chi connectivity index (χ1) is 8.01. The van der Waals surface area contributed by atoms with Crippen LogP contribution in [0.3, 0.4) is 0 Å². The average molecular weight is 229 g/mol. The standard InChI is InChI=1S/C12H15N5/c1-4-11(14)9(3)17(15)12-5-8(2)10(6-13)7-16-12/h4-5,7H,1,14-15H2,2-3H3/b11-9-. The topological polar surface area (TPSA) is 92.0 Å². The van der Waals surface area contributed by atoms with E-state index in [4.69, 9.17) is 16.8 Å². The van der Waals surface area contributed by atoms with E-state index >= 15 is 0 Å². The van der Waals surface area contributed by atoms with Crippen molar-refractivity contribution < 1.29 is 0 Å². The second-order valence-corrected chi connectivity index (χ2v) is 3.58. The van der Waals surface area contributed by atoms with Gasteiger partial charge in [-0.05, 0) is 31.6 Å². The van der Waals surface area contributed by atoms with Gasteiger partial charge in [-0.25, -0.2) is 10.8 Å². The summed E-state index contributed by atoms with van der Waals surface area (Å²) in [6, 6.07) is 3.78. The van der Waals surface area contributed by atoms with Gasteiger partial charge >= 0.3 is 0 Å². The maximum atomic E-state index is 8.81. The number of hydrogen-bond donors (Lipinski definition) is 2. The zero-order valence-corrected chi connectivity index (χ0v) is 9.94. The van der Waals surface area contributed by atoms with E-state index in [2.05, 4.69) is 11.6 Å². The average Bonchev–Trinajstić information content (AvgIpc) is 2.35. The number of rotatable bonds is 3. The predicted octanol–water partition coefficient (Wildman–Crippen LogP) is 1.32. The van der Waals surface area contributed by atoms with Gasteiger partial charge in [-0.15, -0.1) is 0 Å². The largest absolute Gasteiger partial charge is 0.397 e. The SMILES string of the molecule is C=C/C(N)=C(\C)N(N)c1cc(C)c(C#N)cn1. The number of hydrogen-bond acceptors (Lipinski definition) is 5. The Hall–Kier alpha value is -2.32. The van der Waals surface area contributed by atoms with E-state index in [0.717, 1.165) is 5.56 Å². The fourth-order valence-electron chi connectivity index (χ4n) is 1.25. The van der Waals surface area contributed by atoms with Crippen LogP contribution in [0.4, 0.5) is 5.82 Å². The van der Waals surface area contributed by atoms with Gasteiger partial charge in [0.25, 0.3) is 0 Å². The molecule has 0 atom stereocenters. The number of nitrogens with two attached hydrogens (primary N) is 2. The van der Waals surface area contributed by atoms with Crippen LogP contribution in [-0.2, 0) is 0 Å². The van der Waals surface area contributed by atoms with E-state index in [1.165, 1.54) is 17.3 Å². The summed E-state index contributed by atoms with van der Waals surface area (Å²) in [4.78, 5) is 4.10. The van der Waals surface area contributed by atoms with Crippen LogP contribution >= 0.6 is 0 Å². The first-order valence-electron chi connectivity index (χ1n) is 5.01. The molecule has 0 spiro atoms. The molecule has 1 rings (SSSR count). The number of aryl methyl sites for hydroxylation is 1. The normalized spacial score (nSPS) is 11.4. The van der Waals surface area contributed by atoms with Crippen LogP contribution in [0, 0.1) is 18.3 Å². The third-order valence-electron chi connectivity index (χ3n) is 2.46. The Kier molecular flexibility index (Phi) is 3.86. The molecule has 1 aromatic rings. The van der Waals surface area contributed by atoms with Gasteiger partial charge in [-0.1, -0.05) is 6.58 Å². The minimum atomic E-state index is 0.483. The highest BCUT2D eigenvalue weighted by atomic mass is 15.4. The molecular formula is C12H15N5. The fraction of sp³-hybridized carbons (Fsp3) is 0.167. The molecular weight excluding hydrogens is 214 g/mol. The summed E-state index contributed by atoms with van der Waals surface area (Å²) < 4.78 is 0. The van der Waals surface area contributed by atoms with E-state index in [1.807, 2.05) is 13.0 Å². The minimum absolute atomic E-state index is 0.483. The second kappa shape index (κ2) is 5.14. The molecule has 4 N–H and O–H groups in total. The third kappa shape index (κ3) is 2.62. The van der Waals surface area contributed by atoms with Crippen molar-refractivity contribution in [3.8, 4) is 6.07 Å². The van der Waals surface area contributed by atoms with Crippen LogP contribution in [0.15, 0.2) is 36.3 Å². The van der Waals surface area contributed by atoms with E-state index < -0.39 is 0 Å². The van der Waals surface area contributed by atoms with Crippen LogP contribution in [0.5, 0.6) is 0 Å². The third-order valence-corrected chi connectivity index (χ3v) is 2.46. The van der Waals surface area contributed by atoms with Gasteiger partial charge in [-0.3, -0.25) is 5.01 Å². The Balaban J connectivity index is 3.15. The molecule has 88 valence electrons. The van der Waals surface area contributed by atoms with Crippen LogP contribution < -0.4 is 16.6 Å². The minimum Gasteiger partial charge on any atom is -0.397 e. The lowest BCUT2D eigenvalue weighted by atomic mass is 10.2. The summed E-state index contributed by atoms with van der Waals surface area (Å²) in [5.41, 5.74) is 8.19. The monoisotopic (exact) mass is 229 g/mol. The summed E-state index contributed by atoms with van der Waals surface area (Å²) in [6.07, 6.45) is 3.01. The highest BCUT2D eigenvalue weighted by molar-refractivity contribution is 5.50. The molecule has 0 aliphatic heterocycles. The Labute approximate surface area is 101 Å². The van der Waals surface area contributed by atoms with Crippen molar-refractivity contribution in [1.82, 2.24) is 4.98 Å². The number of nitrogens with zero attached hydrogens (tertiary/aromatic N) is 3. The molecule has 0 aliphatic rings. The van der Waals surface area contributed by atoms with Gasteiger partial charge in [0.05, 0.1) is 17.0 Å². The van der Waals surface area contributed by atoms with E-state index in [0.29, 0.717) is 22.8 Å². The van der Waals surface area contributed by atoms with E-state index in [-0.39, 0.29) is 0 Å². The van der Waals surface area contributed by atoms with Gasteiger partial charge < -0.3 is 5.73 Å². The number of allylic oxidation sites excluding steroid dienone is 2. The van der Waals surface area contributed by atoms with Gasteiger partial charge in [0.1, 0.15) is 11.9 Å². The van der Waals surface area contributed by atoms with Crippen molar-refractivity contribution >= 4 is 5.82 Å². The first-order valence-corrected chi connectivity index (χ1v) is 5.01. The molecule has 0 amide bonds. The van der Waals surface area contributed by atoms with E-state index in [1.54, 1.807) is 13.0 Å². The molecule has 1 aromatic heterocycles. The van der Waals surface area contributed by atoms with Crippen LogP contribution in [-0.4, -0.2) is 4.98 Å². The summed E-state index contributed by atoms with van der Waals surface area (Å²) in [6.45, 7) is 7.17. The Morgan fingerprint density at radius 2 is 2.29 bits per heavy atom. The molecule has 0 saturated carbocycles. The van der Waals surface area contributed by atoms with Gasteiger partial charge in [-0.2, -0.15) is 5.26 Å². The molecule has 5 heteroatoms. The molecule has 0 radical (unpaired) electrons. The van der Waals surface area contributed by atoms with Crippen molar-refractivity contribution in [2.75, 3.05) is 5.01 Å². The van der Waals surface area contributed by atoms with Crippen LogP contribution in [0.25, 0.3) is 0 Å². The molecule has 0 fully saturated rings. The van der Waals surface area contributed by atoms with E-state index in [9.17, 15) is 0 Å². The second-order valence-electron chi connectivity index (χ2n) is 3.58. The summed E-state index contributed by atoms with van der Waals surface area (Å²) in [7, 11) is 0. The molecule has 1 heterocycles. The zero-order valence-electron chi connectivity index (χ0n) is 9.94. The lowest BCUT2D eigenvalue weighted by molar-refractivity contribution is 0.939. The Bertz CT molecular complexity index is 510. The highest BCUT2D eigenvalue weighted by Crippen LogP contribution is 2.17. The lowest BCUT2D eigenvalue weighted by Gasteiger charge is -2.19. The Morgan fingerprint density at radius 3 is 2.76 bits per heavy atom. The number of nitriles is 1.